The third-order valence-corrected chi connectivity index (χ3v) is 1.89. The first-order chi connectivity index (χ1) is 7.74. The van der Waals surface area contributed by atoms with Gasteiger partial charge in [0.15, 0.2) is 0 Å². The van der Waals surface area contributed by atoms with Gasteiger partial charge in [-0.1, -0.05) is 18.2 Å². The highest BCUT2D eigenvalue weighted by Gasteiger charge is 2.03. The van der Waals surface area contributed by atoms with Crippen LogP contribution in [0.2, 0.25) is 0 Å². The van der Waals surface area contributed by atoms with Crippen LogP contribution in [0, 0.1) is 6.92 Å². The Morgan fingerprint density at radius 1 is 1.25 bits per heavy atom. The van der Waals surface area contributed by atoms with Gasteiger partial charge in [0.2, 0.25) is 0 Å². The highest BCUT2D eigenvalue weighted by atomic mass is 16.5. The quantitative estimate of drug-likeness (QED) is 0.599. The number of carbonyl (C=O) groups is 2. The zero-order chi connectivity index (χ0) is 11.8. The van der Waals surface area contributed by atoms with Crippen molar-refractivity contribution in [2.75, 3.05) is 13.2 Å². The number of benzene rings is 1. The van der Waals surface area contributed by atoms with Gasteiger partial charge in [-0.15, -0.1) is 0 Å². The van der Waals surface area contributed by atoms with Crippen molar-refractivity contribution in [3.8, 4) is 0 Å². The van der Waals surface area contributed by atoms with Gasteiger partial charge >= 0.3 is 5.97 Å². The molecule has 4 nitrogen and oxygen atoms in total. The van der Waals surface area contributed by atoms with Gasteiger partial charge < -0.3 is 10.1 Å². The molecular formula is C12H14NO3. The van der Waals surface area contributed by atoms with Gasteiger partial charge in [-0.25, -0.2) is 0 Å². The Kier molecular flexibility index (Phi) is 5.05. The Morgan fingerprint density at radius 3 is 2.56 bits per heavy atom. The Morgan fingerprint density at radius 2 is 1.94 bits per heavy atom. The lowest BCUT2D eigenvalue weighted by molar-refractivity contribution is -0.142. The SMILES string of the molecule is [CH2]CC(=O)OCCNC(=O)c1ccccc1. The molecule has 1 rings (SSSR count). The summed E-state index contributed by atoms with van der Waals surface area (Å²) in [5.41, 5.74) is 0.589. The molecule has 1 amide bonds. The fourth-order valence-corrected chi connectivity index (χ4v) is 1.09. The van der Waals surface area contributed by atoms with E-state index in [-0.39, 0.29) is 24.9 Å². The highest BCUT2D eigenvalue weighted by Crippen LogP contribution is 1.97. The molecule has 0 spiro atoms. The number of carbonyl (C=O) groups excluding carboxylic acids is 2. The smallest absolute Gasteiger partial charge is 0.305 e. The van der Waals surface area contributed by atoms with E-state index in [1.165, 1.54) is 0 Å². The fraction of sp³-hybridized carbons (Fsp3) is 0.250. The molecule has 85 valence electrons. The molecule has 1 aromatic rings. The minimum absolute atomic E-state index is 0.104. The Hall–Kier alpha value is -1.84. The van der Waals surface area contributed by atoms with Crippen molar-refractivity contribution in [2.24, 2.45) is 0 Å². The molecule has 0 bridgehead atoms. The summed E-state index contributed by atoms with van der Waals surface area (Å²) in [5.74, 6) is -0.541. The molecule has 0 saturated heterocycles. The van der Waals surface area contributed by atoms with Crippen molar-refractivity contribution < 1.29 is 14.3 Å². The number of rotatable bonds is 5. The first-order valence-corrected chi connectivity index (χ1v) is 5.02. The van der Waals surface area contributed by atoms with E-state index < -0.39 is 0 Å². The average molecular weight is 220 g/mol. The van der Waals surface area contributed by atoms with Crippen molar-refractivity contribution in [1.29, 1.82) is 0 Å². The van der Waals surface area contributed by atoms with Crippen molar-refractivity contribution in [3.63, 3.8) is 0 Å². The first kappa shape index (κ1) is 12.2. The summed E-state index contributed by atoms with van der Waals surface area (Å²) in [5, 5.41) is 2.64. The number of hydrogen-bond donors (Lipinski definition) is 1. The van der Waals surface area contributed by atoms with Crippen LogP contribution in [0.3, 0.4) is 0 Å². The minimum atomic E-state index is -0.367. The second kappa shape index (κ2) is 6.61. The van der Waals surface area contributed by atoms with Crippen molar-refractivity contribution in [2.45, 2.75) is 6.42 Å². The fourth-order valence-electron chi connectivity index (χ4n) is 1.09. The van der Waals surface area contributed by atoms with Gasteiger partial charge in [0.1, 0.15) is 6.61 Å². The molecule has 0 aliphatic heterocycles. The molecule has 1 radical (unpaired) electrons. The first-order valence-electron chi connectivity index (χ1n) is 5.02. The largest absolute Gasteiger partial charge is 0.464 e. The van der Waals surface area contributed by atoms with Crippen LogP contribution in [0.5, 0.6) is 0 Å². The van der Waals surface area contributed by atoms with E-state index in [9.17, 15) is 9.59 Å². The van der Waals surface area contributed by atoms with Crippen LogP contribution < -0.4 is 5.32 Å². The average Bonchev–Trinajstić information content (AvgIpc) is 2.35. The number of amides is 1. The molecule has 1 N–H and O–H groups in total. The molecule has 0 aromatic heterocycles. The summed E-state index contributed by atoms with van der Waals surface area (Å²) in [6, 6.07) is 8.86. The zero-order valence-electron chi connectivity index (χ0n) is 8.94. The monoisotopic (exact) mass is 220 g/mol. The third-order valence-electron chi connectivity index (χ3n) is 1.89. The lowest BCUT2D eigenvalue weighted by Gasteiger charge is -2.05. The Bertz CT molecular complexity index is 349. The maximum atomic E-state index is 11.5. The second-order valence-electron chi connectivity index (χ2n) is 3.09. The van der Waals surface area contributed by atoms with Gasteiger partial charge in [0, 0.05) is 12.0 Å². The zero-order valence-corrected chi connectivity index (χ0v) is 8.94. The summed E-state index contributed by atoms with van der Waals surface area (Å²) in [4.78, 5) is 22.2. The summed E-state index contributed by atoms with van der Waals surface area (Å²) >= 11 is 0. The van der Waals surface area contributed by atoms with Crippen molar-refractivity contribution >= 4 is 11.9 Å². The van der Waals surface area contributed by atoms with Gasteiger partial charge in [-0.05, 0) is 19.1 Å². The third kappa shape index (κ3) is 4.13. The predicted octanol–water partition coefficient (Wildman–Crippen LogP) is 1.18. The van der Waals surface area contributed by atoms with E-state index >= 15 is 0 Å². The summed E-state index contributed by atoms with van der Waals surface area (Å²) < 4.78 is 4.76. The van der Waals surface area contributed by atoms with E-state index in [1.807, 2.05) is 6.07 Å². The number of esters is 1. The van der Waals surface area contributed by atoms with Crippen LogP contribution in [0.4, 0.5) is 0 Å². The number of hydrogen-bond acceptors (Lipinski definition) is 3. The Balaban J connectivity index is 2.24. The number of nitrogens with one attached hydrogen (secondary N) is 1. The standard InChI is InChI=1S/C12H14NO3/c1-2-11(14)16-9-8-13-12(15)10-6-4-3-5-7-10/h3-7H,1-2,8-9H2,(H,13,15). The molecular weight excluding hydrogens is 206 g/mol. The lowest BCUT2D eigenvalue weighted by Crippen LogP contribution is -2.27. The van der Waals surface area contributed by atoms with Gasteiger partial charge in [0.25, 0.3) is 5.91 Å². The molecule has 0 atom stereocenters. The molecule has 16 heavy (non-hydrogen) atoms. The summed E-state index contributed by atoms with van der Waals surface area (Å²) in [6.07, 6.45) is 0.104. The molecule has 4 heteroatoms. The molecule has 0 fully saturated rings. The Labute approximate surface area is 94.6 Å². The van der Waals surface area contributed by atoms with Crippen molar-refractivity contribution in [1.82, 2.24) is 5.32 Å². The maximum Gasteiger partial charge on any atom is 0.305 e. The van der Waals surface area contributed by atoms with Crippen LogP contribution in [0.1, 0.15) is 16.8 Å². The van der Waals surface area contributed by atoms with Gasteiger partial charge in [0.05, 0.1) is 6.54 Å². The van der Waals surface area contributed by atoms with E-state index in [2.05, 4.69) is 12.2 Å². The van der Waals surface area contributed by atoms with E-state index in [0.717, 1.165) is 0 Å². The summed E-state index contributed by atoms with van der Waals surface area (Å²) in [7, 11) is 0. The van der Waals surface area contributed by atoms with E-state index in [0.29, 0.717) is 12.1 Å². The van der Waals surface area contributed by atoms with Gasteiger partial charge in [-0.2, -0.15) is 0 Å². The molecule has 0 unspecified atom stereocenters. The summed E-state index contributed by atoms with van der Waals surface area (Å²) in [6.45, 7) is 3.86. The molecule has 0 aliphatic carbocycles. The second-order valence-corrected chi connectivity index (χ2v) is 3.09. The number of ether oxygens (including phenoxy) is 1. The minimum Gasteiger partial charge on any atom is -0.464 e. The van der Waals surface area contributed by atoms with Crippen LogP contribution in [0.25, 0.3) is 0 Å². The topological polar surface area (TPSA) is 55.4 Å². The van der Waals surface area contributed by atoms with Crippen LogP contribution in [0.15, 0.2) is 30.3 Å². The maximum absolute atomic E-state index is 11.5. The van der Waals surface area contributed by atoms with Crippen LogP contribution in [-0.2, 0) is 9.53 Å². The van der Waals surface area contributed by atoms with E-state index in [1.54, 1.807) is 24.3 Å². The lowest BCUT2D eigenvalue weighted by atomic mass is 10.2. The molecule has 1 aromatic carbocycles. The van der Waals surface area contributed by atoms with Crippen LogP contribution >= 0.6 is 0 Å². The normalized spacial score (nSPS) is 9.56. The van der Waals surface area contributed by atoms with E-state index in [4.69, 9.17) is 4.74 Å². The molecule has 0 saturated carbocycles. The molecule has 0 heterocycles. The van der Waals surface area contributed by atoms with Crippen molar-refractivity contribution in [3.05, 3.63) is 42.8 Å². The van der Waals surface area contributed by atoms with Crippen LogP contribution in [-0.4, -0.2) is 25.0 Å². The molecule has 0 aliphatic rings. The highest BCUT2D eigenvalue weighted by molar-refractivity contribution is 5.94. The predicted molar refractivity (Wildman–Crippen MR) is 59.7 cm³/mol. The van der Waals surface area contributed by atoms with Gasteiger partial charge in [-0.3, -0.25) is 9.59 Å².